The molecule has 0 fully saturated rings. The van der Waals surface area contributed by atoms with Gasteiger partial charge in [-0.2, -0.15) is 0 Å². The highest BCUT2D eigenvalue weighted by Crippen LogP contribution is 2.20. The molecule has 2 heteroatoms. The standard InChI is InChI=1S/C26H52O2/c1-3-5-7-9-11-13-14-16-18-20-22-24-25(26(27)28)23-21-19-17-15-12-10-8-6-4-2/h25H,3-24H2,1-2H3,(H,27,28). The van der Waals surface area contributed by atoms with Crippen LogP contribution in [0.4, 0.5) is 0 Å². The van der Waals surface area contributed by atoms with E-state index >= 15 is 0 Å². The lowest BCUT2D eigenvalue weighted by atomic mass is 9.94. The maximum absolute atomic E-state index is 11.5. The summed E-state index contributed by atoms with van der Waals surface area (Å²) in [5.41, 5.74) is 0. The van der Waals surface area contributed by atoms with Crippen LogP contribution in [0.1, 0.15) is 155 Å². The molecule has 0 aliphatic heterocycles. The molecule has 0 aromatic carbocycles. The van der Waals surface area contributed by atoms with Gasteiger partial charge in [0.05, 0.1) is 5.92 Å². The van der Waals surface area contributed by atoms with Crippen LogP contribution in [0.15, 0.2) is 0 Å². The molecule has 0 aromatic rings. The first-order valence-corrected chi connectivity index (χ1v) is 12.9. The minimum absolute atomic E-state index is 0.0943. The Morgan fingerprint density at radius 3 is 1.00 bits per heavy atom. The van der Waals surface area contributed by atoms with Crippen molar-refractivity contribution in [1.29, 1.82) is 0 Å². The van der Waals surface area contributed by atoms with Crippen molar-refractivity contribution < 1.29 is 9.90 Å². The SMILES string of the molecule is CCCCCCCCCCCCCC(CCCCCCCCCCC)C(=O)O. The molecule has 1 atom stereocenters. The third-order valence-electron chi connectivity index (χ3n) is 6.16. The van der Waals surface area contributed by atoms with E-state index in [1.54, 1.807) is 0 Å². The molecular formula is C26H52O2. The Labute approximate surface area is 177 Å². The fourth-order valence-corrected chi connectivity index (χ4v) is 4.15. The molecule has 0 amide bonds. The maximum Gasteiger partial charge on any atom is 0.306 e. The number of carboxylic acid groups (broad SMARTS) is 1. The van der Waals surface area contributed by atoms with Gasteiger partial charge >= 0.3 is 5.97 Å². The van der Waals surface area contributed by atoms with Crippen LogP contribution in [0.5, 0.6) is 0 Å². The van der Waals surface area contributed by atoms with Crippen molar-refractivity contribution in [1.82, 2.24) is 0 Å². The first-order chi connectivity index (χ1) is 13.7. The Kier molecular flexibility index (Phi) is 22.3. The summed E-state index contributed by atoms with van der Waals surface area (Å²) in [5.74, 6) is -0.658. The summed E-state index contributed by atoms with van der Waals surface area (Å²) in [6.45, 7) is 4.53. The summed E-state index contributed by atoms with van der Waals surface area (Å²) in [5, 5.41) is 9.46. The Morgan fingerprint density at radius 2 is 0.750 bits per heavy atom. The first kappa shape index (κ1) is 27.5. The number of carbonyl (C=O) groups is 1. The van der Waals surface area contributed by atoms with E-state index in [9.17, 15) is 9.90 Å². The monoisotopic (exact) mass is 396 g/mol. The molecular weight excluding hydrogens is 344 g/mol. The van der Waals surface area contributed by atoms with Crippen molar-refractivity contribution in [2.24, 2.45) is 5.92 Å². The van der Waals surface area contributed by atoms with Crippen molar-refractivity contribution in [2.75, 3.05) is 0 Å². The average molecular weight is 397 g/mol. The van der Waals surface area contributed by atoms with Crippen LogP contribution in [0.25, 0.3) is 0 Å². The van der Waals surface area contributed by atoms with Gasteiger partial charge in [0.25, 0.3) is 0 Å². The number of unbranched alkanes of at least 4 members (excludes halogenated alkanes) is 18. The molecule has 0 rings (SSSR count). The van der Waals surface area contributed by atoms with E-state index in [1.165, 1.54) is 116 Å². The van der Waals surface area contributed by atoms with Crippen LogP contribution in [-0.2, 0) is 4.79 Å². The highest BCUT2D eigenvalue weighted by Gasteiger charge is 2.16. The van der Waals surface area contributed by atoms with Gasteiger partial charge in [-0.05, 0) is 12.8 Å². The second-order valence-corrected chi connectivity index (χ2v) is 8.98. The Balaban J connectivity index is 3.45. The zero-order valence-electron chi connectivity index (χ0n) is 19.5. The number of aliphatic carboxylic acids is 1. The van der Waals surface area contributed by atoms with E-state index in [-0.39, 0.29) is 5.92 Å². The van der Waals surface area contributed by atoms with Crippen molar-refractivity contribution in [3.05, 3.63) is 0 Å². The van der Waals surface area contributed by atoms with E-state index in [2.05, 4.69) is 13.8 Å². The van der Waals surface area contributed by atoms with Gasteiger partial charge < -0.3 is 5.11 Å². The molecule has 1 unspecified atom stereocenters. The van der Waals surface area contributed by atoms with Gasteiger partial charge in [0, 0.05) is 0 Å². The molecule has 168 valence electrons. The molecule has 28 heavy (non-hydrogen) atoms. The molecule has 0 saturated heterocycles. The number of rotatable bonds is 23. The van der Waals surface area contributed by atoms with Gasteiger partial charge in [-0.3, -0.25) is 4.79 Å². The molecule has 0 aromatic heterocycles. The van der Waals surface area contributed by atoms with Crippen LogP contribution in [0, 0.1) is 5.92 Å². The highest BCUT2D eigenvalue weighted by atomic mass is 16.4. The summed E-state index contributed by atoms with van der Waals surface area (Å²) >= 11 is 0. The van der Waals surface area contributed by atoms with Gasteiger partial charge in [0.2, 0.25) is 0 Å². The summed E-state index contributed by atoms with van der Waals surface area (Å²) in [7, 11) is 0. The molecule has 0 aliphatic carbocycles. The van der Waals surface area contributed by atoms with Crippen molar-refractivity contribution in [3.8, 4) is 0 Å². The minimum atomic E-state index is -0.563. The Morgan fingerprint density at radius 1 is 0.500 bits per heavy atom. The zero-order chi connectivity index (χ0) is 20.7. The topological polar surface area (TPSA) is 37.3 Å². The molecule has 0 heterocycles. The third kappa shape index (κ3) is 20.2. The third-order valence-corrected chi connectivity index (χ3v) is 6.16. The second-order valence-electron chi connectivity index (χ2n) is 8.98. The van der Waals surface area contributed by atoms with E-state index in [0.717, 1.165) is 25.7 Å². The largest absolute Gasteiger partial charge is 0.481 e. The van der Waals surface area contributed by atoms with E-state index in [4.69, 9.17) is 0 Å². The number of carboxylic acids is 1. The van der Waals surface area contributed by atoms with E-state index in [1.807, 2.05) is 0 Å². The zero-order valence-corrected chi connectivity index (χ0v) is 19.5. The predicted octanol–water partition coefficient (Wildman–Crippen LogP) is 9.31. The fraction of sp³-hybridized carbons (Fsp3) is 0.962. The number of hydrogen-bond acceptors (Lipinski definition) is 1. The summed E-state index contributed by atoms with van der Waals surface area (Å²) in [4.78, 5) is 11.5. The van der Waals surface area contributed by atoms with Gasteiger partial charge in [0.1, 0.15) is 0 Å². The van der Waals surface area contributed by atoms with Crippen molar-refractivity contribution >= 4 is 5.97 Å². The summed E-state index contributed by atoms with van der Waals surface area (Å²) < 4.78 is 0. The van der Waals surface area contributed by atoms with Crippen LogP contribution < -0.4 is 0 Å². The Bertz CT molecular complexity index is 314. The van der Waals surface area contributed by atoms with Crippen LogP contribution in [0.3, 0.4) is 0 Å². The van der Waals surface area contributed by atoms with Crippen LogP contribution >= 0.6 is 0 Å². The molecule has 0 spiro atoms. The number of hydrogen-bond donors (Lipinski definition) is 1. The smallest absolute Gasteiger partial charge is 0.306 e. The van der Waals surface area contributed by atoms with Gasteiger partial charge in [0.15, 0.2) is 0 Å². The van der Waals surface area contributed by atoms with Gasteiger partial charge in [-0.1, -0.05) is 142 Å². The lowest BCUT2D eigenvalue weighted by Crippen LogP contribution is -2.13. The van der Waals surface area contributed by atoms with Gasteiger partial charge in [-0.25, -0.2) is 0 Å². The molecule has 0 aliphatic rings. The quantitative estimate of drug-likeness (QED) is 0.175. The summed E-state index contributed by atoms with van der Waals surface area (Å²) in [6.07, 6.45) is 28.2. The molecule has 0 radical (unpaired) electrons. The highest BCUT2D eigenvalue weighted by molar-refractivity contribution is 5.69. The van der Waals surface area contributed by atoms with Gasteiger partial charge in [-0.15, -0.1) is 0 Å². The lowest BCUT2D eigenvalue weighted by Gasteiger charge is -2.12. The molecule has 1 N–H and O–H groups in total. The fourth-order valence-electron chi connectivity index (χ4n) is 4.15. The maximum atomic E-state index is 11.5. The molecule has 2 nitrogen and oxygen atoms in total. The first-order valence-electron chi connectivity index (χ1n) is 12.9. The predicted molar refractivity (Wildman–Crippen MR) is 124 cm³/mol. The van der Waals surface area contributed by atoms with Crippen LogP contribution in [0.2, 0.25) is 0 Å². The van der Waals surface area contributed by atoms with Crippen LogP contribution in [-0.4, -0.2) is 11.1 Å². The summed E-state index contributed by atoms with van der Waals surface area (Å²) in [6, 6.07) is 0. The average Bonchev–Trinajstić information content (AvgIpc) is 2.68. The van der Waals surface area contributed by atoms with Crippen molar-refractivity contribution in [3.63, 3.8) is 0 Å². The second kappa shape index (κ2) is 22.8. The van der Waals surface area contributed by atoms with Crippen molar-refractivity contribution in [2.45, 2.75) is 155 Å². The molecule has 0 bridgehead atoms. The molecule has 0 saturated carbocycles. The van der Waals surface area contributed by atoms with E-state index in [0.29, 0.717) is 0 Å². The Hall–Kier alpha value is -0.530. The van der Waals surface area contributed by atoms with E-state index < -0.39 is 5.97 Å². The minimum Gasteiger partial charge on any atom is -0.481 e. The lowest BCUT2D eigenvalue weighted by molar-refractivity contribution is -0.142. The normalized spacial score (nSPS) is 12.4.